The number of aromatic nitrogens is 1. The van der Waals surface area contributed by atoms with Crippen LogP contribution >= 0.6 is 0 Å². The first-order chi connectivity index (χ1) is 17.5. The van der Waals surface area contributed by atoms with E-state index in [9.17, 15) is 4.79 Å². The van der Waals surface area contributed by atoms with Gasteiger partial charge in [0.2, 0.25) is 0 Å². The largest absolute Gasteiger partial charge is 0.491 e. The Morgan fingerprint density at radius 3 is 2.47 bits per heavy atom. The molecule has 2 fully saturated rings. The van der Waals surface area contributed by atoms with Crippen LogP contribution in [0.25, 0.3) is 11.3 Å². The normalized spacial score (nSPS) is 21.5. The summed E-state index contributed by atoms with van der Waals surface area (Å²) in [4.78, 5) is 19.6. The lowest BCUT2D eigenvalue weighted by Crippen LogP contribution is -2.50. The van der Waals surface area contributed by atoms with Crippen LogP contribution in [0.3, 0.4) is 0 Å². The van der Waals surface area contributed by atoms with Gasteiger partial charge in [0.05, 0.1) is 12.8 Å². The van der Waals surface area contributed by atoms with E-state index in [4.69, 9.17) is 13.9 Å². The highest BCUT2D eigenvalue weighted by Gasteiger charge is 2.41. The summed E-state index contributed by atoms with van der Waals surface area (Å²) >= 11 is 0. The first kappa shape index (κ1) is 24.5. The average Bonchev–Trinajstić information content (AvgIpc) is 3.50. The zero-order chi connectivity index (χ0) is 25.1. The number of benzene rings is 2. The Morgan fingerprint density at radius 2 is 1.81 bits per heavy atom. The van der Waals surface area contributed by atoms with Gasteiger partial charge >= 0.3 is 0 Å². The first-order valence-electron chi connectivity index (χ1n) is 12.8. The van der Waals surface area contributed by atoms with E-state index >= 15 is 0 Å². The molecular weight excluding hydrogens is 454 g/mol. The van der Waals surface area contributed by atoms with Crippen LogP contribution in [0.2, 0.25) is 0 Å². The second kappa shape index (κ2) is 10.8. The Morgan fingerprint density at radius 1 is 1.06 bits per heavy atom. The Bertz CT molecular complexity index is 1160. The number of carbonyl (C=O) groups excluding carboxylic acids is 1. The number of piperidine rings is 1. The van der Waals surface area contributed by atoms with Crippen molar-refractivity contribution in [2.45, 2.75) is 64.2 Å². The number of hydrogen-bond donors (Lipinski definition) is 1. The van der Waals surface area contributed by atoms with Gasteiger partial charge in [0, 0.05) is 42.9 Å². The summed E-state index contributed by atoms with van der Waals surface area (Å²) < 4.78 is 16.3. The van der Waals surface area contributed by atoms with Crippen LogP contribution in [0, 0.1) is 13.8 Å². The van der Waals surface area contributed by atoms with Crippen molar-refractivity contribution in [1.29, 1.82) is 0 Å². The topological polar surface area (TPSA) is 76.8 Å². The van der Waals surface area contributed by atoms with Gasteiger partial charge in [-0.15, -0.1) is 0 Å². The van der Waals surface area contributed by atoms with Gasteiger partial charge in [-0.25, -0.2) is 4.98 Å². The lowest BCUT2D eigenvalue weighted by Gasteiger charge is -2.39. The van der Waals surface area contributed by atoms with Crippen LogP contribution in [0.4, 0.5) is 0 Å². The summed E-state index contributed by atoms with van der Waals surface area (Å²) in [5, 5.41) is 3.30. The summed E-state index contributed by atoms with van der Waals surface area (Å²) in [5.74, 6) is 1.63. The number of hydrogen-bond acceptors (Lipinski definition) is 6. The minimum absolute atomic E-state index is 0.00694. The van der Waals surface area contributed by atoms with Gasteiger partial charge in [-0.2, -0.15) is 0 Å². The third-order valence-electron chi connectivity index (χ3n) is 7.83. The number of amides is 1. The average molecular weight is 490 g/mol. The highest BCUT2D eigenvalue weighted by molar-refractivity contribution is 5.94. The molecule has 5 rings (SSSR count). The molecule has 2 unspecified atom stereocenters. The Kier molecular flexibility index (Phi) is 7.39. The van der Waals surface area contributed by atoms with Crippen molar-refractivity contribution in [1.82, 2.24) is 15.2 Å². The van der Waals surface area contributed by atoms with E-state index in [1.807, 2.05) is 24.3 Å². The highest BCUT2D eigenvalue weighted by Crippen LogP contribution is 2.38. The second-order valence-corrected chi connectivity index (χ2v) is 9.96. The van der Waals surface area contributed by atoms with Crippen molar-refractivity contribution in [3.05, 3.63) is 71.2 Å². The predicted molar refractivity (Wildman–Crippen MR) is 138 cm³/mol. The predicted octanol–water partition coefficient (Wildman–Crippen LogP) is 4.91. The number of nitrogens with zero attached hydrogens (tertiary/aromatic N) is 2. The zero-order valence-corrected chi connectivity index (χ0v) is 21.3. The number of nitrogens with one attached hydrogen (secondary N) is 1. The molecule has 0 aliphatic carbocycles. The molecule has 2 aromatic carbocycles. The number of methoxy groups -OCH3 is 1. The summed E-state index contributed by atoms with van der Waals surface area (Å²) in [6.07, 6.45) is 7.46. The maximum absolute atomic E-state index is 12.9. The standard InChI is InChI=1S/C29H35N3O4/c1-19-20(2)27(35-13-12-34-3)11-8-23(19)17-32-25-9-10-26(32)15-24(14-25)31-29(33)22-6-4-21(5-7-22)28-16-30-18-36-28/h4-8,11,16,18,24-26H,9-10,12-15,17H2,1-3H3,(H,31,33). The van der Waals surface area contributed by atoms with Crippen LogP contribution in [-0.2, 0) is 11.3 Å². The van der Waals surface area contributed by atoms with Crippen LogP contribution in [0.1, 0.15) is 52.7 Å². The summed E-state index contributed by atoms with van der Waals surface area (Å²) in [6.45, 7) is 6.42. The van der Waals surface area contributed by atoms with Gasteiger partial charge in [-0.05, 0) is 74.4 Å². The molecule has 7 heteroatoms. The first-order valence-corrected chi connectivity index (χ1v) is 12.8. The zero-order valence-electron chi connectivity index (χ0n) is 21.3. The number of oxazole rings is 1. The molecule has 0 saturated carbocycles. The molecule has 0 radical (unpaired) electrons. The van der Waals surface area contributed by atoms with Crippen molar-refractivity contribution in [3.8, 4) is 17.1 Å². The number of ether oxygens (including phenoxy) is 2. The van der Waals surface area contributed by atoms with Crippen molar-refractivity contribution in [2.24, 2.45) is 0 Å². The molecule has 2 aliphatic rings. The van der Waals surface area contributed by atoms with E-state index in [0.717, 1.165) is 30.7 Å². The maximum Gasteiger partial charge on any atom is 0.251 e. The van der Waals surface area contributed by atoms with E-state index in [1.54, 1.807) is 13.3 Å². The molecular formula is C29H35N3O4. The van der Waals surface area contributed by atoms with Crippen molar-refractivity contribution in [2.75, 3.05) is 20.3 Å². The van der Waals surface area contributed by atoms with Crippen molar-refractivity contribution < 1.29 is 18.7 Å². The third kappa shape index (κ3) is 5.18. The van der Waals surface area contributed by atoms with E-state index in [-0.39, 0.29) is 11.9 Å². The van der Waals surface area contributed by atoms with Gasteiger partial charge < -0.3 is 19.2 Å². The van der Waals surface area contributed by atoms with Crippen LogP contribution in [-0.4, -0.2) is 54.2 Å². The lowest BCUT2D eigenvalue weighted by atomic mass is 9.94. The van der Waals surface area contributed by atoms with Gasteiger partial charge in [-0.1, -0.05) is 18.2 Å². The lowest BCUT2D eigenvalue weighted by molar-refractivity contribution is 0.0827. The van der Waals surface area contributed by atoms with E-state index in [1.165, 1.54) is 35.9 Å². The molecule has 3 aromatic rings. The van der Waals surface area contributed by atoms with Crippen LogP contribution < -0.4 is 10.1 Å². The Labute approximate surface area is 212 Å². The van der Waals surface area contributed by atoms with Gasteiger partial charge in [-0.3, -0.25) is 9.69 Å². The van der Waals surface area contributed by atoms with E-state index < -0.39 is 0 Å². The van der Waals surface area contributed by atoms with Gasteiger partial charge in [0.1, 0.15) is 12.4 Å². The smallest absolute Gasteiger partial charge is 0.251 e. The van der Waals surface area contributed by atoms with Crippen molar-refractivity contribution in [3.63, 3.8) is 0 Å². The number of fused-ring (bicyclic) bond motifs is 2. The minimum atomic E-state index is -0.00694. The van der Waals surface area contributed by atoms with E-state index in [2.05, 4.69) is 41.2 Å². The molecule has 2 atom stereocenters. The summed E-state index contributed by atoms with van der Waals surface area (Å²) in [5.41, 5.74) is 5.45. The quantitative estimate of drug-likeness (QED) is 0.431. The molecule has 36 heavy (non-hydrogen) atoms. The number of rotatable bonds is 9. The molecule has 1 aromatic heterocycles. The maximum atomic E-state index is 12.9. The Balaban J connectivity index is 1.19. The molecule has 2 bridgehead atoms. The highest BCUT2D eigenvalue weighted by atomic mass is 16.5. The fourth-order valence-corrected chi connectivity index (χ4v) is 5.67. The van der Waals surface area contributed by atoms with Gasteiger partial charge in [0.25, 0.3) is 5.91 Å². The molecule has 0 spiro atoms. The van der Waals surface area contributed by atoms with E-state index in [0.29, 0.717) is 36.6 Å². The summed E-state index contributed by atoms with van der Waals surface area (Å²) in [7, 11) is 1.69. The van der Waals surface area contributed by atoms with Crippen molar-refractivity contribution >= 4 is 5.91 Å². The molecule has 2 saturated heterocycles. The minimum Gasteiger partial charge on any atom is -0.491 e. The SMILES string of the molecule is COCCOc1ccc(CN2C3CCC2CC(NC(=O)c2ccc(-c4cnco4)cc2)C3)c(C)c1C. The van der Waals surface area contributed by atoms with Gasteiger partial charge in [0.15, 0.2) is 12.2 Å². The molecule has 2 aliphatic heterocycles. The van der Waals surface area contributed by atoms with Crippen LogP contribution in [0.15, 0.2) is 53.4 Å². The Hall–Kier alpha value is -3.16. The molecule has 190 valence electrons. The molecule has 1 amide bonds. The second-order valence-electron chi connectivity index (χ2n) is 9.96. The molecule has 7 nitrogen and oxygen atoms in total. The molecule has 1 N–H and O–H groups in total. The fourth-order valence-electron chi connectivity index (χ4n) is 5.67. The third-order valence-corrected chi connectivity index (χ3v) is 7.83. The monoisotopic (exact) mass is 489 g/mol. The number of carbonyl (C=O) groups is 1. The fraction of sp³-hybridized carbons (Fsp3) is 0.448. The van der Waals surface area contributed by atoms with Crippen LogP contribution in [0.5, 0.6) is 5.75 Å². The molecule has 3 heterocycles. The summed E-state index contributed by atoms with van der Waals surface area (Å²) in [6, 6.07) is 13.0.